The van der Waals surface area contributed by atoms with Crippen LogP contribution in [0.25, 0.3) is 0 Å². The Hall–Kier alpha value is -1.32. The van der Waals surface area contributed by atoms with Crippen LogP contribution in [0.1, 0.15) is 40.0 Å². The molecule has 0 radical (unpaired) electrons. The molecular weight excluding hydrogens is 212 g/mol. The van der Waals surface area contributed by atoms with E-state index in [-0.39, 0.29) is 0 Å². The zero-order valence-electron chi connectivity index (χ0n) is 11.2. The van der Waals surface area contributed by atoms with Crippen LogP contribution in [0.15, 0.2) is 12.4 Å². The van der Waals surface area contributed by atoms with Gasteiger partial charge in [-0.05, 0) is 18.8 Å². The normalized spacial score (nSPS) is 10.6. The van der Waals surface area contributed by atoms with Crippen molar-refractivity contribution in [2.75, 3.05) is 23.7 Å². The van der Waals surface area contributed by atoms with Crippen molar-refractivity contribution in [3.05, 3.63) is 12.4 Å². The minimum atomic E-state index is 0.714. The number of hydrogen-bond donors (Lipinski definition) is 2. The molecule has 17 heavy (non-hydrogen) atoms. The predicted molar refractivity (Wildman–Crippen MR) is 73.4 cm³/mol. The average Bonchev–Trinajstić information content (AvgIpc) is 2.29. The van der Waals surface area contributed by atoms with Gasteiger partial charge in [0.25, 0.3) is 0 Å². The molecule has 1 aromatic heterocycles. The molecule has 0 saturated heterocycles. The minimum Gasteiger partial charge on any atom is -0.370 e. The number of nitrogens with zero attached hydrogens (tertiary/aromatic N) is 2. The molecule has 0 aliphatic carbocycles. The van der Waals surface area contributed by atoms with E-state index in [0.717, 1.165) is 31.1 Å². The van der Waals surface area contributed by atoms with Crippen molar-refractivity contribution >= 4 is 11.6 Å². The molecule has 0 aliphatic heterocycles. The number of anilines is 2. The van der Waals surface area contributed by atoms with Crippen LogP contribution in [0, 0.1) is 5.92 Å². The van der Waals surface area contributed by atoms with Crippen molar-refractivity contribution < 1.29 is 0 Å². The van der Waals surface area contributed by atoms with Crippen molar-refractivity contribution in [1.82, 2.24) is 9.97 Å². The Morgan fingerprint density at radius 2 is 1.76 bits per heavy atom. The molecule has 0 fully saturated rings. The summed E-state index contributed by atoms with van der Waals surface area (Å²) in [5.41, 5.74) is 0. The summed E-state index contributed by atoms with van der Waals surface area (Å²) in [5, 5.41) is 6.61. The van der Waals surface area contributed by atoms with E-state index in [9.17, 15) is 0 Å². The Morgan fingerprint density at radius 3 is 2.35 bits per heavy atom. The summed E-state index contributed by atoms with van der Waals surface area (Å²) < 4.78 is 0. The summed E-state index contributed by atoms with van der Waals surface area (Å²) in [5.74, 6) is 2.52. The first-order valence-corrected chi connectivity index (χ1v) is 6.52. The van der Waals surface area contributed by atoms with Crippen molar-refractivity contribution in [2.24, 2.45) is 5.92 Å². The standard InChI is InChI=1S/C13H24N4/c1-4-5-7-14-12-9-13(17-10-16-12)15-8-6-11(2)3/h9-11H,4-8H2,1-3H3,(H2,14,15,16,17). The van der Waals surface area contributed by atoms with Gasteiger partial charge in [0.05, 0.1) is 0 Å². The van der Waals surface area contributed by atoms with E-state index in [1.165, 1.54) is 12.8 Å². The number of nitrogens with one attached hydrogen (secondary N) is 2. The van der Waals surface area contributed by atoms with E-state index in [1.54, 1.807) is 6.33 Å². The first-order valence-electron chi connectivity index (χ1n) is 6.52. The molecule has 0 saturated carbocycles. The Bertz CT molecular complexity index is 312. The second kappa shape index (κ2) is 7.87. The second-order valence-corrected chi connectivity index (χ2v) is 4.68. The smallest absolute Gasteiger partial charge is 0.131 e. The molecule has 0 aliphatic rings. The van der Waals surface area contributed by atoms with E-state index in [1.807, 2.05) is 6.07 Å². The summed E-state index contributed by atoms with van der Waals surface area (Å²) in [7, 11) is 0. The van der Waals surface area contributed by atoms with E-state index in [0.29, 0.717) is 5.92 Å². The Balaban J connectivity index is 2.37. The van der Waals surface area contributed by atoms with E-state index in [2.05, 4.69) is 41.4 Å². The first-order chi connectivity index (χ1) is 8.22. The van der Waals surface area contributed by atoms with E-state index < -0.39 is 0 Å². The molecule has 1 aromatic rings. The number of hydrogen-bond acceptors (Lipinski definition) is 4. The molecule has 0 unspecified atom stereocenters. The highest BCUT2D eigenvalue weighted by molar-refractivity contribution is 5.46. The second-order valence-electron chi connectivity index (χ2n) is 4.68. The Kier molecular flexibility index (Phi) is 6.37. The quantitative estimate of drug-likeness (QED) is 0.681. The van der Waals surface area contributed by atoms with Crippen LogP contribution in [0.3, 0.4) is 0 Å². The molecular formula is C13H24N4. The summed E-state index contributed by atoms with van der Waals surface area (Å²) in [6.07, 6.45) is 5.12. The molecule has 1 rings (SSSR count). The highest BCUT2D eigenvalue weighted by Gasteiger charge is 1.98. The van der Waals surface area contributed by atoms with Gasteiger partial charge >= 0.3 is 0 Å². The maximum absolute atomic E-state index is 4.20. The number of unbranched alkanes of at least 4 members (excludes halogenated alkanes) is 1. The Labute approximate surface area is 104 Å². The molecule has 0 atom stereocenters. The van der Waals surface area contributed by atoms with E-state index in [4.69, 9.17) is 0 Å². The largest absolute Gasteiger partial charge is 0.370 e. The molecule has 2 N–H and O–H groups in total. The molecule has 0 spiro atoms. The third-order valence-electron chi connectivity index (χ3n) is 2.53. The van der Waals surface area contributed by atoms with E-state index >= 15 is 0 Å². The van der Waals surface area contributed by atoms with Crippen LogP contribution in [-0.4, -0.2) is 23.1 Å². The van der Waals surface area contributed by atoms with Crippen molar-refractivity contribution in [2.45, 2.75) is 40.0 Å². The lowest BCUT2D eigenvalue weighted by atomic mass is 10.1. The average molecular weight is 236 g/mol. The summed E-state index contributed by atoms with van der Waals surface area (Å²) in [6, 6.07) is 1.97. The zero-order chi connectivity index (χ0) is 12.5. The molecule has 4 nitrogen and oxygen atoms in total. The zero-order valence-corrected chi connectivity index (χ0v) is 11.2. The number of rotatable bonds is 8. The SMILES string of the molecule is CCCCNc1cc(NCCC(C)C)ncn1. The van der Waals surface area contributed by atoms with Crippen molar-refractivity contribution in [3.8, 4) is 0 Å². The van der Waals surface area contributed by atoms with Gasteiger partial charge in [0, 0.05) is 19.2 Å². The molecule has 0 amide bonds. The lowest BCUT2D eigenvalue weighted by Crippen LogP contribution is -2.08. The van der Waals surface area contributed by atoms with Gasteiger partial charge in [-0.25, -0.2) is 9.97 Å². The van der Waals surface area contributed by atoms with Gasteiger partial charge < -0.3 is 10.6 Å². The highest BCUT2D eigenvalue weighted by atomic mass is 15.1. The van der Waals surface area contributed by atoms with Gasteiger partial charge in [0.15, 0.2) is 0 Å². The van der Waals surface area contributed by atoms with Crippen LogP contribution in [0.5, 0.6) is 0 Å². The van der Waals surface area contributed by atoms with Gasteiger partial charge in [-0.3, -0.25) is 0 Å². The monoisotopic (exact) mass is 236 g/mol. The molecule has 0 bridgehead atoms. The fourth-order valence-electron chi connectivity index (χ4n) is 1.43. The highest BCUT2D eigenvalue weighted by Crippen LogP contribution is 2.09. The van der Waals surface area contributed by atoms with Gasteiger partial charge in [0.2, 0.25) is 0 Å². The third-order valence-corrected chi connectivity index (χ3v) is 2.53. The molecule has 96 valence electrons. The molecule has 0 aromatic carbocycles. The van der Waals surface area contributed by atoms with Gasteiger partial charge in [-0.1, -0.05) is 27.2 Å². The predicted octanol–water partition coefficient (Wildman–Crippen LogP) is 3.15. The van der Waals surface area contributed by atoms with Crippen molar-refractivity contribution in [1.29, 1.82) is 0 Å². The van der Waals surface area contributed by atoms with Crippen molar-refractivity contribution in [3.63, 3.8) is 0 Å². The first kappa shape index (κ1) is 13.7. The fourth-order valence-corrected chi connectivity index (χ4v) is 1.43. The maximum atomic E-state index is 4.20. The lowest BCUT2D eigenvalue weighted by Gasteiger charge is -2.09. The van der Waals surface area contributed by atoms with Crippen LogP contribution >= 0.6 is 0 Å². The maximum Gasteiger partial charge on any atom is 0.131 e. The van der Waals surface area contributed by atoms with Crippen LogP contribution in [0.2, 0.25) is 0 Å². The third kappa shape index (κ3) is 6.09. The summed E-state index contributed by atoms with van der Waals surface area (Å²) in [4.78, 5) is 8.39. The fraction of sp³-hybridized carbons (Fsp3) is 0.692. The molecule has 4 heteroatoms. The van der Waals surface area contributed by atoms with Gasteiger partial charge in [-0.2, -0.15) is 0 Å². The Morgan fingerprint density at radius 1 is 1.12 bits per heavy atom. The lowest BCUT2D eigenvalue weighted by molar-refractivity contribution is 0.606. The van der Waals surface area contributed by atoms with Crippen LogP contribution in [0.4, 0.5) is 11.6 Å². The van der Waals surface area contributed by atoms with Gasteiger partial charge in [0.1, 0.15) is 18.0 Å². The van der Waals surface area contributed by atoms with Crippen LogP contribution < -0.4 is 10.6 Å². The number of aromatic nitrogens is 2. The topological polar surface area (TPSA) is 49.8 Å². The van der Waals surface area contributed by atoms with Gasteiger partial charge in [-0.15, -0.1) is 0 Å². The van der Waals surface area contributed by atoms with Crippen LogP contribution in [-0.2, 0) is 0 Å². The summed E-state index contributed by atoms with van der Waals surface area (Å²) >= 11 is 0. The minimum absolute atomic E-state index is 0.714. The molecule has 1 heterocycles. The summed E-state index contributed by atoms with van der Waals surface area (Å²) in [6.45, 7) is 8.56.